The van der Waals surface area contributed by atoms with Gasteiger partial charge in [-0.3, -0.25) is 0 Å². The Kier molecular flexibility index (Phi) is 3.79. The van der Waals surface area contributed by atoms with Gasteiger partial charge in [0.15, 0.2) is 0 Å². The quantitative estimate of drug-likeness (QED) is 0.878. The van der Waals surface area contributed by atoms with Crippen molar-refractivity contribution >= 4 is 21.6 Å². The molecule has 2 aromatic carbocycles. The van der Waals surface area contributed by atoms with Crippen molar-refractivity contribution in [3.05, 3.63) is 63.9 Å². The molecule has 0 unspecified atom stereocenters. The number of nitrogens with one attached hydrogen (secondary N) is 1. The van der Waals surface area contributed by atoms with Crippen molar-refractivity contribution in [1.29, 1.82) is 0 Å². The number of hydrogen-bond acceptors (Lipinski definition) is 1. The third-order valence-corrected chi connectivity index (χ3v) is 3.05. The maximum absolute atomic E-state index is 13.5. The number of benzene rings is 2. The lowest BCUT2D eigenvalue weighted by molar-refractivity contribution is 0.629. The molecule has 0 amide bonds. The van der Waals surface area contributed by atoms with Crippen LogP contribution >= 0.6 is 15.9 Å². The molecule has 0 saturated carbocycles. The van der Waals surface area contributed by atoms with E-state index in [1.165, 1.54) is 6.07 Å². The minimum Gasteiger partial charge on any atom is -0.379 e. The standard InChI is InChI=1S/C14H13BrFN/c1-10-2-7-13(16)14(8-10)17-9-11-3-5-12(15)6-4-11/h2-8,17H,9H2,1H3. The Morgan fingerprint density at radius 2 is 1.82 bits per heavy atom. The fourth-order valence-corrected chi connectivity index (χ4v) is 1.84. The van der Waals surface area contributed by atoms with Crippen molar-refractivity contribution in [2.45, 2.75) is 13.5 Å². The monoisotopic (exact) mass is 293 g/mol. The van der Waals surface area contributed by atoms with Crippen LogP contribution in [-0.4, -0.2) is 0 Å². The molecule has 0 saturated heterocycles. The Bertz CT molecular complexity index is 508. The molecule has 0 aliphatic rings. The van der Waals surface area contributed by atoms with Gasteiger partial charge in [0.1, 0.15) is 5.82 Å². The molecule has 0 spiro atoms. The van der Waals surface area contributed by atoms with Crippen LogP contribution in [0.15, 0.2) is 46.9 Å². The minimum atomic E-state index is -0.215. The highest BCUT2D eigenvalue weighted by molar-refractivity contribution is 9.10. The Hall–Kier alpha value is -1.35. The smallest absolute Gasteiger partial charge is 0.146 e. The lowest BCUT2D eigenvalue weighted by atomic mass is 10.2. The van der Waals surface area contributed by atoms with E-state index in [1.54, 1.807) is 6.07 Å². The Labute approximate surface area is 109 Å². The predicted octanol–water partition coefficient (Wildman–Crippen LogP) is 4.51. The zero-order chi connectivity index (χ0) is 12.3. The maximum atomic E-state index is 13.5. The highest BCUT2D eigenvalue weighted by Gasteiger charge is 2.01. The zero-order valence-corrected chi connectivity index (χ0v) is 11.1. The summed E-state index contributed by atoms with van der Waals surface area (Å²) >= 11 is 3.38. The van der Waals surface area contributed by atoms with E-state index < -0.39 is 0 Å². The first-order valence-electron chi connectivity index (χ1n) is 5.39. The van der Waals surface area contributed by atoms with Gasteiger partial charge in [0.25, 0.3) is 0 Å². The van der Waals surface area contributed by atoms with Crippen LogP contribution in [-0.2, 0) is 6.54 Å². The fourth-order valence-electron chi connectivity index (χ4n) is 1.57. The average molecular weight is 294 g/mol. The molecule has 1 N–H and O–H groups in total. The summed E-state index contributed by atoms with van der Waals surface area (Å²) in [5.41, 5.74) is 2.71. The lowest BCUT2D eigenvalue weighted by Gasteiger charge is -2.08. The van der Waals surface area contributed by atoms with Gasteiger partial charge in [0, 0.05) is 11.0 Å². The Morgan fingerprint density at radius 1 is 1.12 bits per heavy atom. The van der Waals surface area contributed by atoms with E-state index >= 15 is 0 Å². The number of anilines is 1. The van der Waals surface area contributed by atoms with Gasteiger partial charge in [0.05, 0.1) is 5.69 Å². The summed E-state index contributed by atoms with van der Waals surface area (Å²) in [6.07, 6.45) is 0. The summed E-state index contributed by atoms with van der Waals surface area (Å²) in [5.74, 6) is -0.215. The van der Waals surface area contributed by atoms with Gasteiger partial charge >= 0.3 is 0 Å². The number of rotatable bonds is 3. The molecule has 2 aromatic rings. The van der Waals surface area contributed by atoms with Crippen molar-refractivity contribution < 1.29 is 4.39 Å². The summed E-state index contributed by atoms with van der Waals surface area (Å²) < 4.78 is 14.5. The number of halogens is 2. The van der Waals surface area contributed by atoms with Crippen molar-refractivity contribution in [3.63, 3.8) is 0 Å². The minimum absolute atomic E-state index is 0.215. The molecule has 0 radical (unpaired) electrons. The molecule has 0 aliphatic carbocycles. The number of hydrogen-bond donors (Lipinski definition) is 1. The van der Waals surface area contributed by atoms with Crippen LogP contribution < -0.4 is 5.32 Å². The summed E-state index contributed by atoms with van der Waals surface area (Å²) in [5, 5.41) is 3.10. The van der Waals surface area contributed by atoms with Gasteiger partial charge in [-0.05, 0) is 42.3 Å². The van der Waals surface area contributed by atoms with Crippen LogP contribution in [0.25, 0.3) is 0 Å². The van der Waals surface area contributed by atoms with Crippen molar-refractivity contribution in [3.8, 4) is 0 Å². The fraction of sp³-hybridized carbons (Fsp3) is 0.143. The van der Waals surface area contributed by atoms with Gasteiger partial charge in [-0.2, -0.15) is 0 Å². The largest absolute Gasteiger partial charge is 0.379 e. The SMILES string of the molecule is Cc1ccc(F)c(NCc2ccc(Br)cc2)c1. The van der Waals surface area contributed by atoms with Crippen LogP contribution in [0.3, 0.4) is 0 Å². The topological polar surface area (TPSA) is 12.0 Å². The van der Waals surface area contributed by atoms with Crippen molar-refractivity contribution in [2.75, 3.05) is 5.32 Å². The molecule has 88 valence electrons. The Balaban J connectivity index is 2.07. The zero-order valence-electron chi connectivity index (χ0n) is 9.50. The number of aryl methyl sites for hydroxylation is 1. The van der Waals surface area contributed by atoms with E-state index in [4.69, 9.17) is 0 Å². The summed E-state index contributed by atoms with van der Waals surface area (Å²) in [4.78, 5) is 0. The van der Waals surface area contributed by atoms with Crippen LogP contribution in [0.1, 0.15) is 11.1 Å². The molecule has 2 rings (SSSR count). The van der Waals surface area contributed by atoms with Crippen LogP contribution in [0.5, 0.6) is 0 Å². The maximum Gasteiger partial charge on any atom is 0.146 e. The first kappa shape index (κ1) is 12.1. The normalized spacial score (nSPS) is 10.3. The van der Waals surface area contributed by atoms with Gasteiger partial charge in [-0.25, -0.2) is 4.39 Å². The molecule has 0 aromatic heterocycles. The molecule has 1 nitrogen and oxygen atoms in total. The molecular weight excluding hydrogens is 281 g/mol. The summed E-state index contributed by atoms with van der Waals surface area (Å²) in [7, 11) is 0. The van der Waals surface area contributed by atoms with E-state index in [0.717, 1.165) is 15.6 Å². The van der Waals surface area contributed by atoms with Crippen LogP contribution in [0.4, 0.5) is 10.1 Å². The highest BCUT2D eigenvalue weighted by Crippen LogP contribution is 2.17. The van der Waals surface area contributed by atoms with Gasteiger partial charge in [-0.1, -0.05) is 34.1 Å². The molecule has 0 fully saturated rings. The van der Waals surface area contributed by atoms with Crippen molar-refractivity contribution in [1.82, 2.24) is 0 Å². The second-order valence-electron chi connectivity index (χ2n) is 3.96. The second kappa shape index (κ2) is 5.32. The second-order valence-corrected chi connectivity index (χ2v) is 4.88. The highest BCUT2D eigenvalue weighted by atomic mass is 79.9. The predicted molar refractivity (Wildman–Crippen MR) is 72.6 cm³/mol. The molecule has 0 atom stereocenters. The molecule has 0 heterocycles. The molecule has 17 heavy (non-hydrogen) atoms. The van der Waals surface area contributed by atoms with Crippen LogP contribution in [0, 0.1) is 12.7 Å². The van der Waals surface area contributed by atoms with E-state index in [-0.39, 0.29) is 5.82 Å². The first-order chi connectivity index (χ1) is 8.15. The average Bonchev–Trinajstić information content (AvgIpc) is 2.32. The molecule has 0 aliphatic heterocycles. The van der Waals surface area contributed by atoms with Gasteiger partial charge in [0.2, 0.25) is 0 Å². The van der Waals surface area contributed by atoms with Crippen molar-refractivity contribution in [2.24, 2.45) is 0 Å². The third kappa shape index (κ3) is 3.30. The summed E-state index contributed by atoms with van der Waals surface area (Å²) in [6, 6.07) is 13.0. The van der Waals surface area contributed by atoms with E-state index in [1.807, 2.05) is 37.3 Å². The lowest BCUT2D eigenvalue weighted by Crippen LogP contribution is -2.01. The third-order valence-electron chi connectivity index (χ3n) is 2.52. The van der Waals surface area contributed by atoms with Gasteiger partial charge < -0.3 is 5.32 Å². The molecule has 3 heteroatoms. The van der Waals surface area contributed by atoms with E-state index in [2.05, 4.69) is 21.2 Å². The van der Waals surface area contributed by atoms with E-state index in [0.29, 0.717) is 12.2 Å². The summed E-state index contributed by atoms with van der Waals surface area (Å²) in [6.45, 7) is 2.57. The molecule has 0 bridgehead atoms. The van der Waals surface area contributed by atoms with Crippen LogP contribution in [0.2, 0.25) is 0 Å². The Morgan fingerprint density at radius 3 is 2.53 bits per heavy atom. The first-order valence-corrected chi connectivity index (χ1v) is 6.19. The van der Waals surface area contributed by atoms with E-state index in [9.17, 15) is 4.39 Å². The van der Waals surface area contributed by atoms with Gasteiger partial charge in [-0.15, -0.1) is 0 Å². The molecular formula is C14H13BrFN.